The summed E-state index contributed by atoms with van der Waals surface area (Å²) in [7, 11) is 4.74. The Kier molecular flexibility index (Phi) is 7.52. The van der Waals surface area contributed by atoms with Crippen LogP contribution in [0.3, 0.4) is 0 Å². The van der Waals surface area contributed by atoms with Gasteiger partial charge in [-0.1, -0.05) is 13.0 Å². The molecule has 6 nitrogen and oxygen atoms in total. The molecule has 0 spiro atoms. The Hall–Kier alpha value is -1.79. The first-order chi connectivity index (χ1) is 12.1. The van der Waals surface area contributed by atoms with Crippen molar-refractivity contribution in [2.45, 2.75) is 19.8 Å². The maximum atomic E-state index is 12.4. The molecule has 0 amide bonds. The van der Waals surface area contributed by atoms with Gasteiger partial charge in [-0.15, -0.1) is 0 Å². The second kappa shape index (κ2) is 9.63. The van der Waals surface area contributed by atoms with Gasteiger partial charge in [-0.2, -0.15) is 0 Å². The zero-order valence-electron chi connectivity index (χ0n) is 15.8. The highest BCUT2D eigenvalue weighted by molar-refractivity contribution is 5.82. The quantitative estimate of drug-likeness (QED) is 0.677. The highest BCUT2D eigenvalue weighted by Gasteiger charge is 2.19. The molecule has 0 aromatic heterocycles. The summed E-state index contributed by atoms with van der Waals surface area (Å²) in [6.07, 6.45) is 0.905. The van der Waals surface area contributed by atoms with E-state index in [0.29, 0.717) is 30.1 Å². The third kappa shape index (κ3) is 5.09. The molecule has 0 bridgehead atoms. The van der Waals surface area contributed by atoms with Crippen LogP contribution in [0.4, 0.5) is 0 Å². The van der Waals surface area contributed by atoms with Gasteiger partial charge in [0.05, 0.1) is 21.3 Å². The molecular weight excluding hydrogens is 320 g/mol. The van der Waals surface area contributed by atoms with Crippen molar-refractivity contribution in [3.05, 3.63) is 17.7 Å². The molecule has 1 aliphatic rings. The third-order valence-corrected chi connectivity index (χ3v) is 4.79. The van der Waals surface area contributed by atoms with Crippen LogP contribution in [0.2, 0.25) is 0 Å². The molecule has 2 rings (SSSR count). The number of benzene rings is 1. The molecule has 0 atom stereocenters. The van der Waals surface area contributed by atoms with Gasteiger partial charge in [0.1, 0.15) is 5.78 Å². The van der Waals surface area contributed by atoms with Gasteiger partial charge in [0.15, 0.2) is 11.5 Å². The van der Waals surface area contributed by atoms with Gasteiger partial charge >= 0.3 is 0 Å². The van der Waals surface area contributed by atoms with Crippen LogP contribution in [0.15, 0.2) is 12.1 Å². The van der Waals surface area contributed by atoms with Crippen LogP contribution in [0.1, 0.15) is 18.9 Å². The number of methoxy groups -OCH3 is 3. The smallest absolute Gasteiger partial charge is 0.203 e. The van der Waals surface area contributed by atoms with Gasteiger partial charge in [-0.25, -0.2) is 0 Å². The summed E-state index contributed by atoms with van der Waals surface area (Å²) in [6, 6.07) is 3.69. The predicted octanol–water partition coefficient (Wildman–Crippen LogP) is 1.85. The van der Waals surface area contributed by atoms with Gasteiger partial charge in [0, 0.05) is 51.1 Å². The summed E-state index contributed by atoms with van der Waals surface area (Å²) in [6.45, 7) is 8.39. The van der Waals surface area contributed by atoms with Crippen molar-refractivity contribution >= 4 is 5.78 Å². The Morgan fingerprint density at radius 2 is 1.60 bits per heavy atom. The minimum Gasteiger partial charge on any atom is -0.493 e. The zero-order valence-corrected chi connectivity index (χ0v) is 15.8. The maximum absolute atomic E-state index is 12.4. The third-order valence-electron chi connectivity index (χ3n) is 4.79. The van der Waals surface area contributed by atoms with Gasteiger partial charge in [0.2, 0.25) is 5.75 Å². The topological polar surface area (TPSA) is 51.2 Å². The van der Waals surface area contributed by atoms with Crippen molar-refractivity contribution in [1.29, 1.82) is 0 Å². The molecule has 0 unspecified atom stereocenters. The molecule has 1 aromatic rings. The molecule has 6 heteroatoms. The molecule has 0 radical (unpaired) electrons. The van der Waals surface area contributed by atoms with E-state index in [9.17, 15) is 4.79 Å². The van der Waals surface area contributed by atoms with Crippen LogP contribution < -0.4 is 14.2 Å². The van der Waals surface area contributed by atoms with Crippen LogP contribution in [-0.4, -0.2) is 76.2 Å². The van der Waals surface area contributed by atoms with E-state index in [-0.39, 0.29) is 5.78 Å². The number of rotatable bonds is 9. The lowest BCUT2D eigenvalue weighted by Gasteiger charge is -2.33. The van der Waals surface area contributed by atoms with E-state index in [0.717, 1.165) is 44.8 Å². The van der Waals surface area contributed by atoms with Crippen molar-refractivity contribution in [3.63, 3.8) is 0 Å². The van der Waals surface area contributed by atoms with E-state index in [1.807, 2.05) is 12.1 Å². The molecule has 1 saturated heterocycles. The number of Topliss-reactive ketones (excluding diaryl/α,β-unsaturated/α-hetero) is 1. The lowest BCUT2D eigenvalue weighted by Crippen LogP contribution is -2.46. The van der Waals surface area contributed by atoms with Gasteiger partial charge < -0.3 is 24.0 Å². The first-order valence-corrected chi connectivity index (χ1v) is 8.87. The zero-order chi connectivity index (χ0) is 18.2. The number of ketones is 1. The van der Waals surface area contributed by atoms with Crippen molar-refractivity contribution in [2.75, 3.05) is 60.6 Å². The molecule has 140 valence electrons. The van der Waals surface area contributed by atoms with E-state index in [1.165, 1.54) is 0 Å². The molecular formula is C19H30N2O4. The maximum Gasteiger partial charge on any atom is 0.203 e. The standard InChI is InChI=1S/C19H30N2O4/c1-5-20-10-12-21(13-11-20)9-8-16(22)14-15-6-7-17(23-2)19(25-4)18(15)24-3/h6-7H,5,8-14H2,1-4H3. The number of piperazine rings is 1. The number of carbonyl (C=O) groups is 1. The summed E-state index contributed by atoms with van der Waals surface area (Å²) in [5, 5.41) is 0. The molecule has 0 aliphatic carbocycles. The lowest BCUT2D eigenvalue weighted by atomic mass is 10.0. The highest BCUT2D eigenvalue weighted by atomic mass is 16.5. The summed E-state index contributed by atoms with van der Waals surface area (Å²) >= 11 is 0. The van der Waals surface area contributed by atoms with Crippen molar-refractivity contribution in [2.24, 2.45) is 0 Å². The molecule has 1 heterocycles. The molecule has 0 saturated carbocycles. The fraction of sp³-hybridized carbons (Fsp3) is 0.632. The van der Waals surface area contributed by atoms with Crippen LogP contribution in [0, 0.1) is 0 Å². The summed E-state index contributed by atoms with van der Waals surface area (Å²) in [5.41, 5.74) is 0.834. The Balaban J connectivity index is 1.92. The molecule has 1 fully saturated rings. The number of hydrogen-bond donors (Lipinski definition) is 0. The average molecular weight is 350 g/mol. The summed E-state index contributed by atoms with van der Waals surface area (Å²) in [5.74, 6) is 1.92. The first kappa shape index (κ1) is 19.5. The van der Waals surface area contributed by atoms with Crippen molar-refractivity contribution < 1.29 is 19.0 Å². The SMILES string of the molecule is CCN1CCN(CCC(=O)Cc2ccc(OC)c(OC)c2OC)CC1. The Morgan fingerprint density at radius 3 is 2.16 bits per heavy atom. The Bertz CT molecular complexity index is 569. The number of hydrogen-bond acceptors (Lipinski definition) is 6. The minimum absolute atomic E-state index is 0.212. The largest absolute Gasteiger partial charge is 0.493 e. The number of likely N-dealkylation sites (N-methyl/N-ethyl adjacent to an activating group) is 1. The van der Waals surface area contributed by atoms with Crippen LogP contribution in [-0.2, 0) is 11.2 Å². The fourth-order valence-electron chi connectivity index (χ4n) is 3.22. The highest BCUT2D eigenvalue weighted by Crippen LogP contribution is 2.40. The number of nitrogens with zero attached hydrogens (tertiary/aromatic N) is 2. The molecule has 25 heavy (non-hydrogen) atoms. The fourth-order valence-corrected chi connectivity index (χ4v) is 3.22. The average Bonchev–Trinajstić information content (AvgIpc) is 2.66. The normalized spacial score (nSPS) is 15.8. The van der Waals surface area contributed by atoms with E-state index in [1.54, 1.807) is 21.3 Å². The van der Waals surface area contributed by atoms with Gasteiger partial charge in [-0.05, 0) is 12.6 Å². The molecule has 1 aromatic carbocycles. The Labute approximate surface area is 150 Å². The second-order valence-corrected chi connectivity index (χ2v) is 6.23. The lowest BCUT2D eigenvalue weighted by molar-refractivity contribution is -0.118. The predicted molar refractivity (Wildman–Crippen MR) is 98.0 cm³/mol. The van der Waals surface area contributed by atoms with Crippen molar-refractivity contribution in [3.8, 4) is 17.2 Å². The van der Waals surface area contributed by atoms with E-state index < -0.39 is 0 Å². The van der Waals surface area contributed by atoms with Crippen molar-refractivity contribution in [1.82, 2.24) is 9.80 Å². The molecule has 0 N–H and O–H groups in total. The summed E-state index contributed by atoms with van der Waals surface area (Å²) < 4.78 is 16.1. The van der Waals surface area contributed by atoms with E-state index in [4.69, 9.17) is 14.2 Å². The number of carbonyl (C=O) groups excluding carboxylic acids is 1. The van der Waals surface area contributed by atoms with Crippen LogP contribution in [0.5, 0.6) is 17.2 Å². The Morgan fingerprint density at radius 1 is 0.960 bits per heavy atom. The summed E-state index contributed by atoms with van der Waals surface area (Å²) in [4.78, 5) is 17.2. The van der Waals surface area contributed by atoms with Crippen LogP contribution >= 0.6 is 0 Å². The van der Waals surface area contributed by atoms with E-state index >= 15 is 0 Å². The first-order valence-electron chi connectivity index (χ1n) is 8.87. The van der Waals surface area contributed by atoms with E-state index in [2.05, 4.69) is 16.7 Å². The van der Waals surface area contributed by atoms with Gasteiger partial charge in [0.25, 0.3) is 0 Å². The number of ether oxygens (including phenoxy) is 3. The molecule has 1 aliphatic heterocycles. The minimum atomic E-state index is 0.212. The monoisotopic (exact) mass is 350 g/mol. The van der Waals surface area contributed by atoms with Crippen LogP contribution in [0.25, 0.3) is 0 Å². The second-order valence-electron chi connectivity index (χ2n) is 6.23. The van der Waals surface area contributed by atoms with Gasteiger partial charge in [-0.3, -0.25) is 4.79 Å².